The predicted molar refractivity (Wildman–Crippen MR) is 72.2 cm³/mol. The van der Waals surface area contributed by atoms with Crippen molar-refractivity contribution < 1.29 is 22.7 Å². The molecule has 2 rings (SSSR count). The first-order valence-corrected chi connectivity index (χ1v) is 7.36. The van der Waals surface area contributed by atoms with Crippen LogP contribution in [0.15, 0.2) is 18.2 Å². The van der Waals surface area contributed by atoms with Crippen LogP contribution >= 0.6 is 0 Å². The molecule has 0 heterocycles. The van der Waals surface area contributed by atoms with Crippen molar-refractivity contribution in [1.29, 1.82) is 0 Å². The molecule has 1 aliphatic rings. The molecule has 0 radical (unpaired) electrons. The summed E-state index contributed by atoms with van der Waals surface area (Å²) in [6.45, 7) is 2.09. The molecule has 1 nitrogen and oxygen atoms in total. The van der Waals surface area contributed by atoms with Crippen LogP contribution in [0.3, 0.4) is 0 Å². The van der Waals surface area contributed by atoms with Gasteiger partial charge in [-0.2, -0.15) is 13.2 Å². The number of hydrogen-bond acceptors (Lipinski definition) is 1. The van der Waals surface area contributed by atoms with Crippen LogP contribution in [-0.2, 0) is 11.8 Å². The Kier molecular flexibility index (Phi) is 4.61. The van der Waals surface area contributed by atoms with Gasteiger partial charge in [-0.25, -0.2) is 4.39 Å². The minimum Gasteiger partial charge on any atom is -0.385 e. The first kappa shape index (κ1) is 16.3. The number of rotatable bonds is 2. The molecule has 0 aliphatic heterocycles. The van der Waals surface area contributed by atoms with Crippen LogP contribution in [0.5, 0.6) is 0 Å². The topological polar surface area (TPSA) is 20.2 Å². The van der Waals surface area contributed by atoms with E-state index >= 15 is 0 Å². The highest BCUT2D eigenvalue weighted by atomic mass is 19.4. The lowest BCUT2D eigenvalue weighted by Gasteiger charge is -2.28. The van der Waals surface area contributed by atoms with Crippen molar-refractivity contribution >= 4 is 0 Å². The third-order valence-electron chi connectivity index (χ3n) is 4.56. The molecule has 0 bridgehead atoms. The Morgan fingerprint density at radius 1 is 1.24 bits per heavy atom. The molecule has 0 saturated heterocycles. The molecular formula is C16H20F4O. The second-order valence-electron chi connectivity index (χ2n) is 5.93. The van der Waals surface area contributed by atoms with E-state index in [2.05, 4.69) is 6.92 Å². The Bertz CT molecular complexity index is 498. The summed E-state index contributed by atoms with van der Waals surface area (Å²) in [5.41, 5.74) is -2.24. The summed E-state index contributed by atoms with van der Waals surface area (Å²) in [7, 11) is 0. The number of aliphatic hydroxyl groups is 1. The van der Waals surface area contributed by atoms with Crippen molar-refractivity contribution in [3.8, 4) is 0 Å². The highest BCUT2D eigenvalue weighted by Crippen LogP contribution is 2.40. The lowest BCUT2D eigenvalue weighted by atomic mass is 9.85. The maximum Gasteiger partial charge on any atom is 0.419 e. The molecule has 1 aliphatic carbocycles. The maximum absolute atomic E-state index is 13.7. The van der Waals surface area contributed by atoms with E-state index in [0.717, 1.165) is 37.8 Å². The summed E-state index contributed by atoms with van der Waals surface area (Å²) in [5, 5.41) is 10.7. The molecule has 0 aromatic heterocycles. The van der Waals surface area contributed by atoms with Gasteiger partial charge >= 0.3 is 6.18 Å². The third-order valence-corrected chi connectivity index (χ3v) is 4.56. The monoisotopic (exact) mass is 304 g/mol. The van der Waals surface area contributed by atoms with Crippen LogP contribution in [0, 0.1) is 11.7 Å². The molecule has 5 heteroatoms. The molecule has 0 spiro atoms. The minimum atomic E-state index is -4.71. The van der Waals surface area contributed by atoms with Gasteiger partial charge in [0, 0.05) is 0 Å². The Balaban J connectivity index is 2.27. The van der Waals surface area contributed by atoms with Crippen molar-refractivity contribution in [2.24, 2.45) is 5.92 Å². The van der Waals surface area contributed by atoms with Crippen LogP contribution in [0.25, 0.3) is 0 Å². The Hall–Kier alpha value is -1.10. The molecule has 1 aromatic carbocycles. The molecule has 2 atom stereocenters. The Labute approximate surface area is 122 Å². The van der Waals surface area contributed by atoms with Gasteiger partial charge in [0.25, 0.3) is 0 Å². The largest absolute Gasteiger partial charge is 0.419 e. The second kappa shape index (κ2) is 5.95. The fraction of sp³-hybridized carbons (Fsp3) is 0.625. The van der Waals surface area contributed by atoms with E-state index in [0.29, 0.717) is 18.8 Å². The molecule has 1 fully saturated rings. The molecule has 0 amide bonds. The lowest BCUT2D eigenvalue weighted by Crippen LogP contribution is -2.25. The van der Waals surface area contributed by atoms with E-state index in [1.54, 1.807) is 0 Å². The zero-order chi connectivity index (χ0) is 15.7. The quantitative estimate of drug-likeness (QED) is 0.600. The van der Waals surface area contributed by atoms with Gasteiger partial charge in [0.15, 0.2) is 0 Å². The van der Waals surface area contributed by atoms with Crippen LogP contribution in [-0.4, -0.2) is 5.11 Å². The van der Waals surface area contributed by atoms with Crippen LogP contribution in [0.2, 0.25) is 0 Å². The summed E-state index contributed by atoms with van der Waals surface area (Å²) >= 11 is 0. The van der Waals surface area contributed by atoms with Gasteiger partial charge in [-0.1, -0.05) is 25.8 Å². The molecular weight excluding hydrogens is 284 g/mol. The lowest BCUT2D eigenvalue weighted by molar-refractivity contribution is -0.140. The fourth-order valence-corrected chi connectivity index (χ4v) is 3.13. The van der Waals surface area contributed by atoms with E-state index in [-0.39, 0.29) is 5.56 Å². The number of halogens is 4. The molecule has 1 N–H and O–H groups in total. The summed E-state index contributed by atoms with van der Waals surface area (Å²) in [6.07, 6.45) is -0.126. The first-order valence-electron chi connectivity index (χ1n) is 7.36. The first-order chi connectivity index (χ1) is 9.76. The van der Waals surface area contributed by atoms with E-state index in [1.165, 1.54) is 6.07 Å². The summed E-state index contributed by atoms with van der Waals surface area (Å²) in [5.74, 6) is -0.789. The minimum absolute atomic E-state index is 0.254. The van der Waals surface area contributed by atoms with Crippen molar-refractivity contribution in [2.45, 2.75) is 57.2 Å². The summed E-state index contributed by atoms with van der Waals surface area (Å²) in [6, 6.07) is 2.78. The molecule has 1 saturated carbocycles. The highest BCUT2D eigenvalue weighted by molar-refractivity contribution is 5.30. The predicted octanol–water partition coefficient (Wildman–Crippen LogP) is 5.02. The van der Waals surface area contributed by atoms with Gasteiger partial charge < -0.3 is 5.11 Å². The van der Waals surface area contributed by atoms with Gasteiger partial charge in [0.1, 0.15) is 5.82 Å². The molecule has 118 valence electrons. The van der Waals surface area contributed by atoms with Crippen LogP contribution < -0.4 is 0 Å². The second-order valence-corrected chi connectivity index (χ2v) is 5.93. The van der Waals surface area contributed by atoms with Crippen molar-refractivity contribution in [1.82, 2.24) is 0 Å². The zero-order valence-electron chi connectivity index (χ0n) is 12.0. The SMILES string of the molecule is CCC1CCCC(O)(c2ccc(C(F)(F)F)c(F)c2)CC1. The van der Waals surface area contributed by atoms with Crippen LogP contribution in [0.1, 0.15) is 56.6 Å². The van der Waals surface area contributed by atoms with Gasteiger partial charge in [-0.15, -0.1) is 0 Å². The maximum atomic E-state index is 13.7. The Morgan fingerprint density at radius 2 is 1.95 bits per heavy atom. The number of benzene rings is 1. The molecule has 2 unspecified atom stereocenters. The van der Waals surface area contributed by atoms with Gasteiger partial charge in [-0.3, -0.25) is 0 Å². The van der Waals surface area contributed by atoms with E-state index < -0.39 is 23.2 Å². The van der Waals surface area contributed by atoms with Crippen LogP contribution in [0.4, 0.5) is 17.6 Å². The smallest absolute Gasteiger partial charge is 0.385 e. The van der Waals surface area contributed by atoms with E-state index in [4.69, 9.17) is 0 Å². The van der Waals surface area contributed by atoms with Crippen molar-refractivity contribution in [3.63, 3.8) is 0 Å². The standard InChI is InChI=1S/C16H20F4O/c1-2-11-4-3-8-15(21,9-7-11)12-5-6-13(14(17)10-12)16(18,19)20/h5-6,10-11,21H,2-4,7-9H2,1H3. The van der Waals surface area contributed by atoms with Crippen molar-refractivity contribution in [2.75, 3.05) is 0 Å². The summed E-state index contributed by atoms with van der Waals surface area (Å²) < 4.78 is 51.4. The zero-order valence-corrected chi connectivity index (χ0v) is 12.0. The molecule has 1 aromatic rings. The highest BCUT2D eigenvalue weighted by Gasteiger charge is 2.37. The fourth-order valence-electron chi connectivity index (χ4n) is 3.13. The average molecular weight is 304 g/mol. The van der Waals surface area contributed by atoms with Gasteiger partial charge in [0.2, 0.25) is 0 Å². The van der Waals surface area contributed by atoms with Gasteiger partial charge in [0.05, 0.1) is 11.2 Å². The number of alkyl halides is 3. The molecule has 21 heavy (non-hydrogen) atoms. The van der Waals surface area contributed by atoms with E-state index in [1.807, 2.05) is 0 Å². The normalized spacial score (nSPS) is 27.4. The van der Waals surface area contributed by atoms with Gasteiger partial charge in [-0.05, 0) is 49.3 Å². The Morgan fingerprint density at radius 3 is 2.52 bits per heavy atom. The summed E-state index contributed by atoms with van der Waals surface area (Å²) in [4.78, 5) is 0. The number of hydrogen-bond donors (Lipinski definition) is 1. The average Bonchev–Trinajstić information content (AvgIpc) is 2.60. The third kappa shape index (κ3) is 3.57. The van der Waals surface area contributed by atoms with Crippen molar-refractivity contribution in [3.05, 3.63) is 35.1 Å². The van der Waals surface area contributed by atoms with E-state index in [9.17, 15) is 22.7 Å².